The highest BCUT2D eigenvalue weighted by atomic mass is 19.4. The lowest BCUT2D eigenvalue weighted by atomic mass is 9.91. The van der Waals surface area contributed by atoms with Crippen molar-refractivity contribution >= 4 is 18.1 Å². The number of carbonyl (C=O) groups excluding carboxylic acids is 3. The molecule has 2 amide bonds. The van der Waals surface area contributed by atoms with Gasteiger partial charge in [0.15, 0.2) is 0 Å². The van der Waals surface area contributed by atoms with Crippen molar-refractivity contribution in [2.24, 2.45) is 28.4 Å². The number of amides is 2. The third-order valence-corrected chi connectivity index (χ3v) is 6.02. The van der Waals surface area contributed by atoms with Crippen LogP contribution in [-0.2, 0) is 20.8 Å². The van der Waals surface area contributed by atoms with Gasteiger partial charge in [-0.05, 0) is 36.6 Å². The molecule has 1 saturated carbocycles. The summed E-state index contributed by atoms with van der Waals surface area (Å²) in [5, 5.41) is 11.4. The van der Waals surface area contributed by atoms with Crippen molar-refractivity contribution in [3.8, 4) is 18.9 Å². The number of fused-ring (bicyclic) bond motifs is 1. The maximum Gasteiger partial charge on any atom is 0.470 e. The molecule has 3 atom stereocenters. The number of likely N-dealkylation sites (N-methyl/N-ethyl adjacent to an activating group) is 1. The molecule has 39 heavy (non-hydrogen) atoms. The topological polar surface area (TPSA) is 165 Å². The van der Waals surface area contributed by atoms with Crippen LogP contribution in [0.15, 0.2) is 11.0 Å². The maximum absolute atomic E-state index is 12.0. The second kappa shape index (κ2) is 16.4. The number of hydrogen-bond donors (Lipinski definition) is 4. The average Bonchev–Trinajstić information content (AvgIpc) is 3.22. The van der Waals surface area contributed by atoms with Gasteiger partial charge in [0.05, 0.1) is 6.07 Å². The van der Waals surface area contributed by atoms with Gasteiger partial charge >= 0.3 is 17.8 Å². The van der Waals surface area contributed by atoms with Crippen molar-refractivity contribution in [3.63, 3.8) is 0 Å². The first-order valence-corrected chi connectivity index (χ1v) is 12.0. The van der Waals surface area contributed by atoms with Gasteiger partial charge in [-0.1, -0.05) is 34.6 Å². The first-order valence-electron chi connectivity index (χ1n) is 12.0. The number of hydrogen-bond acceptors (Lipinski definition) is 6. The minimum absolute atomic E-state index is 0.124. The number of alkyl halides is 3. The number of aldehydes is 1. The maximum atomic E-state index is 12.0. The van der Waals surface area contributed by atoms with Gasteiger partial charge in [-0.15, -0.1) is 12.8 Å². The van der Waals surface area contributed by atoms with Crippen LogP contribution in [0.25, 0.3) is 0 Å². The minimum atomic E-state index is -4.86. The van der Waals surface area contributed by atoms with Crippen LogP contribution in [0.4, 0.5) is 13.2 Å². The highest BCUT2D eigenvalue weighted by Gasteiger charge is 2.62. The Morgan fingerprint density at radius 3 is 2.00 bits per heavy atom. The molecule has 0 spiro atoms. The first kappa shape index (κ1) is 37.6. The van der Waals surface area contributed by atoms with Gasteiger partial charge in [-0.3, -0.25) is 9.59 Å². The van der Waals surface area contributed by atoms with Crippen LogP contribution in [-0.4, -0.2) is 65.3 Å². The van der Waals surface area contributed by atoms with E-state index in [1.807, 2.05) is 0 Å². The normalized spacial score (nSPS) is 18.8. The molecule has 2 aliphatic rings. The van der Waals surface area contributed by atoms with E-state index < -0.39 is 12.1 Å². The molecule has 0 aromatic carbocycles. The Bertz CT molecular complexity index is 1020. The third-order valence-electron chi connectivity index (χ3n) is 6.02. The van der Waals surface area contributed by atoms with E-state index in [1.165, 1.54) is 6.92 Å². The summed E-state index contributed by atoms with van der Waals surface area (Å²) in [6, 6.07) is 1.81. The number of terminal acetylenes is 1. The summed E-state index contributed by atoms with van der Waals surface area (Å²) >= 11 is 0. The molecule has 1 aromatic heterocycles. The van der Waals surface area contributed by atoms with E-state index in [4.69, 9.17) is 14.9 Å². The SMILES string of the molecule is C#C.CC(C)(C)CC(=O)N1CC2[C@H](C1)C2(C)C.CC=O.CNC(C#N)Cc1c[nH]c(=O)[nH]1.NC(=O)C(F)(F)F. The Balaban J connectivity index is 0. The number of rotatable bonds is 4. The molecule has 13 heteroatoms. The van der Waals surface area contributed by atoms with Crippen molar-refractivity contribution in [1.82, 2.24) is 20.2 Å². The van der Waals surface area contributed by atoms with Crippen LogP contribution in [0, 0.1) is 46.8 Å². The minimum Gasteiger partial charge on any atom is -0.362 e. The van der Waals surface area contributed by atoms with Crippen molar-refractivity contribution in [2.45, 2.75) is 66.6 Å². The molecule has 1 aliphatic carbocycles. The van der Waals surface area contributed by atoms with Crippen LogP contribution in [0.2, 0.25) is 0 Å². The van der Waals surface area contributed by atoms with Crippen LogP contribution in [0.1, 0.15) is 53.7 Å². The molecule has 220 valence electrons. The van der Waals surface area contributed by atoms with Gasteiger partial charge in [-0.25, -0.2) is 4.79 Å². The Kier molecular flexibility index (Phi) is 15.8. The van der Waals surface area contributed by atoms with Crippen LogP contribution < -0.4 is 16.7 Å². The Morgan fingerprint density at radius 1 is 1.28 bits per heavy atom. The average molecular weight is 559 g/mol. The lowest BCUT2D eigenvalue weighted by Crippen LogP contribution is -2.35. The lowest BCUT2D eigenvalue weighted by molar-refractivity contribution is -0.169. The van der Waals surface area contributed by atoms with Gasteiger partial charge in [0.25, 0.3) is 0 Å². The van der Waals surface area contributed by atoms with E-state index in [2.05, 4.69) is 79.5 Å². The molecule has 2 heterocycles. The van der Waals surface area contributed by atoms with Crippen molar-refractivity contribution in [1.29, 1.82) is 5.26 Å². The molecule has 1 aliphatic heterocycles. The summed E-state index contributed by atoms with van der Waals surface area (Å²) in [5.41, 5.74) is 4.94. The summed E-state index contributed by atoms with van der Waals surface area (Å²) < 4.78 is 32.1. The standard InChI is InChI=1S/C13H23NO.C7H10N4O.C2H2F3NO.C2H4O.C2H2/c1-12(2,3)6-11(15)14-7-9-10(8-14)13(9,4)5;1-9-5(3-8)2-6-4-10-7(12)11-6;3-2(4,5)1(6)7;1-2-3;1-2/h9-10H,6-8H2,1-5H3;4-5,9H,2H2,1H3,(H2,10,11,12);(H2,6,7);2H,1H3;1-2H/t9-,10?;;;;/m0..../s1. The first-order chi connectivity index (χ1) is 17.8. The fourth-order valence-electron chi connectivity index (χ4n) is 3.81. The zero-order valence-electron chi connectivity index (χ0n) is 23.6. The summed E-state index contributed by atoms with van der Waals surface area (Å²) in [7, 11) is 1.71. The van der Waals surface area contributed by atoms with Crippen LogP contribution in [0.3, 0.4) is 0 Å². The van der Waals surface area contributed by atoms with Crippen molar-refractivity contribution < 1.29 is 27.6 Å². The zero-order valence-corrected chi connectivity index (χ0v) is 23.6. The van der Waals surface area contributed by atoms with Crippen molar-refractivity contribution in [3.05, 3.63) is 22.4 Å². The molecule has 5 N–H and O–H groups in total. The Labute approximate surface area is 227 Å². The molecule has 2 unspecified atom stereocenters. The van der Waals surface area contributed by atoms with E-state index >= 15 is 0 Å². The molecule has 0 radical (unpaired) electrons. The predicted octanol–water partition coefficient (Wildman–Crippen LogP) is 2.38. The van der Waals surface area contributed by atoms with Gasteiger partial charge in [0.1, 0.15) is 12.3 Å². The number of likely N-dealkylation sites (tertiary alicyclic amines) is 1. The molecular formula is C26H41F3N6O4. The summed E-state index contributed by atoms with van der Waals surface area (Å²) in [6.07, 6.45) is 6.66. The smallest absolute Gasteiger partial charge is 0.362 e. The van der Waals surface area contributed by atoms with E-state index in [9.17, 15) is 22.8 Å². The largest absolute Gasteiger partial charge is 0.470 e. The van der Waals surface area contributed by atoms with Gasteiger partial charge in [0, 0.05) is 37.8 Å². The number of piperidine rings is 1. The number of nitrogens with zero attached hydrogens (tertiary/aromatic N) is 2. The van der Waals surface area contributed by atoms with E-state index in [0.717, 1.165) is 36.9 Å². The number of primary amides is 1. The fraction of sp³-hybridized carbons (Fsp3) is 0.654. The molecule has 0 bridgehead atoms. The number of nitrogens with two attached hydrogens (primary N) is 1. The lowest BCUT2D eigenvalue weighted by Gasteiger charge is -2.26. The predicted molar refractivity (Wildman–Crippen MR) is 142 cm³/mol. The monoisotopic (exact) mass is 558 g/mol. The fourth-order valence-corrected chi connectivity index (χ4v) is 3.81. The number of H-pyrrole nitrogens is 2. The van der Waals surface area contributed by atoms with Gasteiger partial charge < -0.3 is 30.7 Å². The van der Waals surface area contributed by atoms with Crippen LogP contribution in [0.5, 0.6) is 0 Å². The Morgan fingerprint density at radius 2 is 1.72 bits per heavy atom. The third kappa shape index (κ3) is 14.2. The van der Waals surface area contributed by atoms with E-state index in [0.29, 0.717) is 24.2 Å². The highest BCUT2D eigenvalue weighted by molar-refractivity contribution is 5.79. The summed E-state index contributed by atoms with van der Waals surface area (Å²) in [5.74, 6) is -0.346. The molecule has 2 fully saturated rings. The van der Waals surface area contributed by atoms with Crippen molar-refractivity contribution in [2.75, 3.05) is 20.1 Å². The molecule has 1 aromatic rings. The molecule has 10 nitrogen and oxygen atoms in total. The quantitative estimate of drug-likeness (QED) is 0.327. The van der Waals surface area contributed by atoms with Gasteiger partial charge in [0.2, 0.25) is 5.91 Å². The number of nitrogens with one attached hydrogen (secondary N) is 3. The highest BCUT2D eigenvalue weighted by Crippen LogP contribution is 2.62. The van der Waals surface area contributed by atoms with Gasteiger partial charge in [-0.2, -0.15) is 18.4 Å². The number of carbonyl (C=O) groups is 3. The Hall–Kier alpha value is -3.58. The number of nitriles is 1. The second-order valence-electron chi connectivity index (χ2n) is 10.6. The number of aromatic nitrogens is 2. The number of aromatic amines is 2. The van der Waals surface area contributed by atoms with Crippen LogP contribution >= 0.6 is 0 Å². The zero-order chi connectivity index (χ0) is 31.2. The molecule has 1 saturated heterocycles. The number of halogens is 3. The molecular weight excluding hydrogens is 517 g/mol. The summed E-state index contributed by atoms with van der Waals surface area (Å²) in [4.78, 5) is 47.6. The van der Waals surface area contributed by atoms with E-state index in [1.54, 1.807) is 13.2 Å². The summed E-state index contributed by atoms with van der Waals surface area (Å²) in [6.45, 7) is 14.5. The van der Waals surface area contributed by atoms with E-state index in [-0.39, 0.29) is 17.1 Å². The molecule has 3 rings (SSSR count). The number of imidazole rings is 1. The second-order valence-corrected chi connectivity index (χ2v) is 10.6.